The van der Waals surface area contributed by atoms with Gasteiger partial charge in [0.1, 0.15) is 64.8 Å². The van der Waals surface area contributed by atoms with Crippen LogP contribution in [0.4, 0.5) is 0 Å². The first-order chi connectivity index (χ1) is 30.3. The number of phenolic OH excluding ortho intramolecular Hbond substituents is 4. The number of fused-ring (bicyclic) bond motifs is 1. The number of carbonyl (C=O) groups excluding carboxylic acids is 1. The van der Waals surface area contributed by atoms with Gasteiger partial charge in [-0.1, -0.05) is 13.0 Å². The van der Waals surface area contributed by atoms with Crippen molar-refractivity contribution in [1.82, 2.24) is 0 Å². The highest BCUT2D eigenvalue weighted by molar-refractivity contribution is 5.89. The highest BCUT2D eigenvalue weighted by Gasteiger charge is 2.50. The Kier molecular flexibility index (Phi) is 13.7. The first kappa shape index (κ1) is 46.4. The number of carbonyl (C=O) groups is 1. The highest BCUT2D eigenvalue weighted by Crippen LogP contribution is 2.39. The van der Waals surface area contributed by atoms with E-state index < -0.39 is 138 Å². The van der Waals surface area contributed by atoms with Gasteiger partial charge in [0.2, 0.25) is 23.8 Å². The third-order valence-electron chi connectivity index (χ3n) is 11.3. The van der Waals surface area contributed by atoms with Gasteiger partial charge in [-0.25, -0.2) is 4.79 Å². The fourth-order valence-electron chi connectivity index (χ4n) is 7.35. The van der Waals surface area contributed by atoms with E-state index in [9.17, 15) is 65.8 Å². The molecule has 0 saturated carbocycles. The number of phenols is 4. The molecule has 3 aliphatic heterocycles. The summed E-state index contributed by atoms with van der Waals surface area (Å²) in [6, 6.07) is 11.0. The third-order valence-corrected chi connectivity index (χ3v) is 11.3. The van der Waals surface area contributed by atoms with Crippen molar-refractivity contribution in [2.45, 2.75) is 107 Å². The largest absolute Gasteiger partial charge is 0.508 e. The number of rotatable bonds is 11. The molecule has 4 aromatic rings. The Morgan fingerprint density at radius 3 is 2.05 bits per heavy atom. The molecular weight excluding hydrogens is 852 g/mol. The van der Waals surface area contributed by atoms with Gasteiger partial charge in [-0.15, -0.1) is 0 Å². The van der Waals surface area contributed by atoms with Crippen LogP contribution in [-0.2, 0) is 28.5 Å². The van der Waals surface area contributed by atoms with Crippen LogP contribution < -0.4 is 14.9 Å². The minimum absolute atomic E-state index is 0.0959. The average molecular weight is 901 g/mol. The SMILES string of the molecule is CC1OC(OCC2OC(Oc3c(-c4ccc(O)cc4)oc4cc(OC5OC(C)C(O)C(O)C5O)cc(O)c4c3=O)C(O)C(OC(=O)C=Cc3ccc(O)c(O)c3)C2O)C(O)C(O)C1C. The van der Waals surface area contributed by atoms with E-state index in [1.54, 1.807) is 13.8 Å². The predicted molar refractivity (Wildman–Crippen MR) is 216 cm³/mol. The van der Waals surface area contributed by atoms with E-state index in [1.165, 1.54) is 49.4 Å². The van der Waals surface area contributed by atoms with Gasteiger partial charge in [0.15, 0.2) is 35.8 Å². The molecule has 64 heavy (non-hydrogen) atoms. The van der Waals surface area contributed by atoms with Crippen LogP contribution in [0.2, 0.25) is 0 Å². The van der Waals surface area contributed by atoms with E-state index in [1.807, 2.05) is 0 Å². The fourth-order valence-corrected chi connectivity index (χ4v) is 7.35. The van der Waals surface area contributed by atoms with Crippen molar-refractivity contribution in [1.29, 1.82) is 0 Å². The molecule has 15 unspecified atom stereocenters. The molecule has 3 saturated heterocycles. The Morgan fingerprint density at radius 2 is 1.34 bits per heavy atom. The number of aliphatic hydroxyl groups excluding tert-OH is 7. The van der Waals surface area contributed by atoms with Crippen LogP contribution in [0, 0.1) is 5.92 Å². The summed E-state index contributed by atoms with van der Waals surface area (Å²) >= 11 is 0. The van der Waals surface area contributed by atoms with E-state index in [0.717, 1.165) is 24.3 Å². The Hall–Kier alpha value is -5.56. The van der Waals surface area contributed by atoms with Crippen molar-refractivity contribution in [3.63, 3.8) is 0 Å². The molecule has 1 aromatic heterocycles. The molecule has 346 valence electrons. The van der Waals surface area contributed by atoms with Crippen molar-refractivity contribution in [3.8, 4) is 45.8 Å². The zero-order valence-corrected chi connectivity index (χ0v) is 34.2. The van der Waals surface area contributed by atoms with Gasteiger partial charge < -0.3 is 93.7 Å². The van der Waals surface area contributed by atoms with Gasteiger partial charge in [0, 0.05) is 29.7 Å². The molecule has 3 aromatic carbocycles. The lowest BCUT2D eigenvalue weighted by atomic mass is 9.92. The molecule has 21 heteroatoms. The number of benzene rings is 3. The van der Waals surface area contributed by atoms with E-state index in [2.05, 4.69) is 0 Å². The molecule has 11 N–H and O–H groups in total. The zero-order chi connectivity index (χ0) is 46.3. The van der Waals surface area contributed by atoms with Crippen LogP contribution in [0.1, 0.15) is 26.3 Å². The molecule has 21 nitrogen and oxygen atoms in total. The van der Waals surface area contributed by atoms with Crippen molar-refractivity contribution in [2.75, 3.05) is 6.61 Å². The van der Waals surface area contributed by atoms with Gasteiger partial charge in [0.25, 0.3) is 0 Å². The van der Waals surface area contributed by atoms with Gasteiger partial charge >= 0.3 is 5.97 Å². The Morgan fingerprint density at radius 1 is 0.672 bits per heavy atom. The molecule has 0 aliphatic carbocycles. The van der Waals surface area contributed by atoms with Crippen LogP contribution in [0.3, 0.4) is 0 Å². The second-order valence-corrected chi connectivity index (χ2v) is 15.8. The second-order valence-electron chi connectivity index (χ2n) is 15.8. The molecule has 3 aliphatic rings. The molecule has 7 rings (SSSR count). The molecule has 0 spiro atoms. The Balaban J connectivity index is 1.23. The predicted octanol–water partition coefficient (Wildman–Crippen LogP) is 0.0587. The topological polar surface area (TPSA) is 334 Å². The summed E-state index contributed by atoms with van der Waals surface area (Å²) in [7, 11) is 0. The lowest BCUT2D eigenvalue weighted by molar-refractivity contribution is -0.313. The van der Waals surface area contributed by atoms with Gasteiger partial charge in [-0.05, 0) is 61.9 Å². The van der Waals surface area contributed by atoms with Gasteiger partial charge in [-0.2, -0.15) is 0 Å². The molecular formula is C43H48O21. The van der Waals surface area contributed by atoms with Crippen LogP contribution in [0.5, 0.6) is 34.5 Å². The maximum Gasteiger partial charge on any atom is 0.331 e. The smallest absolute Gasteiger partial charge is 0.331 e. The molecule has 3 fully saturated rings. The minimum Gasteiger partial charge on any atom is -0.508 e. The summed E-state index contributed by atoms with van der Waals surface area (Å²) in [6.45, 7) is 4.08. The zero-order valence-electron chi connectivity index (χ0n) is 34.2. The second kappa shape index (κ2) is 18.9. The first-order valence-electron chi connectivity index (χ1n) is 20.0. The molecule has 4 heterocycles. The summed E-state index contributed by atoms with van der Waals surface area (Å²) in [4.78, 5) is 27.6. The fraction of sp³-hybridized carbons (Fsp3) is 0.442. The van der Waals surface area contributed by atoms with E-state index in [0.29, 0.717) is 0 Å². The number of hydrogen-bond acceptors (Lipinski definition) is 21. The van der Waals surface area contributed by atoms with Gasteiger partial charge in [-0.3, -0.25) is 4.79 Å². The molecule has 0 radical (unpaired) electrons. The van der Waals surface area contributed by atoms with Crippen LogP contribution in [0.25, 0.3) is 28.4 Å². The van der Waals surface area contributed by atoms with Crippen molar-refractivity contribution >= 4 is 23.0 Å². The van der Waals surface area contributed by atoms with Gasteiger partial charge in [0.05, 0.1) is 24.9 Å². The number of esters is 1. The van der Waals surface area contributed by atoms with Crippen LogP contribution in [0.15, 0.2) is 69.9 Å². The van der Waals surface area contributed by atoms with Crippen molar-refractivity contribution in [3.05, 3.63) is 76.5 Å². The van der Waals surface area contributed by atoms with E-state index in [-0.39, 0.29) is 34.0 Å². The number of ether oxygens (including phenoxy) is 7. The third kappa shape index (κ3) is 9.46. The molecule has 0 bridgehead atoms. The minimum atomic E-state index is -2.09. The maximum absolute atomic E-state index is 14.4. The standard InChI is InChI=1S/C43H48O21/c1-16-17(2)58-41(35(54)30(16)49)57-15-27-32(51)39(63-28(48)11-5-19-4-10-23(45)24(46)12-19)37(56)43(62-27)64-40-33(52)29-25(47)13-22(60-42-36(55)34(53)31(50)18(3)59-42)14-26(29)61-38(40)20-6-8-21(44)9-7-20/h4-14,16-18,27,30-32,34-37,39,41-47,49-51,53-56H,15H2,1-3H3. The van der Waals surface area contributed by atoms with E-state index >= 15 is 0 Å². The average Bonchev–Trinajstić information content (AvgIpc) is 3.26. The lowest BCUT2D eigenvalue weighted by Gasteiger charge is -2.43. The summed E-state index contributed by atoms with van der Waals surface area (Å²) in [5, 5.41) is 116. The lowest BCUT2D eigenvalue weighted by Crippen LogP contribution is -2.62. The summed E-state index contributed by atoms with van der Waals surface area (Å²) < 4.78 is 46.3. The van der Waals surface area contributed by atoms with Crippen LogP contribution >= 0.6 is 0 Å². The normalized spacial score (nSPS) is 33.2. The summed E-state index contributed by atoms with van der Waals surface area (Å²) in [6.07, 6.45) is -19.5. The summed E-state index contributed by atoms with van der Waals surface area (Å²) in [5.41, 5.74) is -1.03. The monoisotopic (exact) mass is 900 g/mol. The number of aromatic hydroxyl groups is 4. The number of hydrogen-bond donors (Lipinski definition) is 11. The quantitative estimate of drug-likeness (QED) is 0.0538. The van der Waals surface area contributed by atoms with Crippen molar-refractivity contribution < 1.29 is 98.5 Å². The maximum atomic E-state index is 14.4. The Bertz CT molecular complexity index is 2380. The molecule has 0 amide bonds. The molecule has 15 atom stereocenters. The number of aliphatic hydroxyl groups is 7. The van der Waals surface area contributed by atoms with Crippen molar-refractivity contribution in [2.24, 2.45) is 5.92 Å². The van der Waals surface area contributed by atoms with E-state index in [4.69, 9.17) is 37.6 Å². The highest BCUT2D eigenvalue weighted by atomic mass is 16.7. The van der Waals surface area contributed by atoms with Crippen LogP contribution in [-0.4, -0.2) is 155 Å². The first-order valence-corrected chi connectivity index (χ1v) is 20.0. The Labute approximate surface area is 362 Å². The summed E-state index contributed by atoms with van der Waals surface area (Å²) in [5.74, 6) is -4.71.